The standard InChI is InChI=1S/C15H18N2O3S/c1-9-12(16)7-14(21-9)15(18)17-8-10-6-11(19-2)4-5-13(10)20-3/h4-7H,8,16H2,1-3H3,(H,17,18). The molecule has 2 rings (SSSR count). The van der Waals surface area contributed by atoms with Gasteiger partial charge >= 0.3 is 0 Å². The van der Waals surface area contributed by atoms with Crippen LogP contribution in [0.1, 0.15) is 20.1 Å². The summed E-state index contributed by atoms with van der Waals surface area (Å²) in [5.41, 5.74) is 7.26. The summed E-state index contributed by atoms with van der Waals surface area (Å²) in [7, 11) is 3.19. The highest BCUT2D eigenvalue weighted by Gasteiger charge is 2.12. The number of carbonyl (C=O) groups excluding carboxylic acids is 1. The summed E-state index contributed by atoms with van der Waals surface area (Å²) in [6.45, 7) is 2.25. The lowest BCUT2D eigenvalue weighted by atomic mass is 10.2. The van der Waals surface area contributed by atoms with E-state index in [1.165, 1.54) is 11.3 Å². The summed E-state index contributed by atoms with van der Waals surface area (Å²) >= 11 is 1.38. The predicted octanol–water partition coefficient (Wildman–Crippen LogP) is 2.59. The summed E-state index contributed by atoms with van der Waals surface area (Å²) in [6, 6.07) is 7.16. The zero-order valence-corrected chi connectivity index (χ0v) is 13.0. The number of hydrogen-bond acceptors (Lipinski definition) is 5. The Morgan fingerprint density at radius 1 is 1.29 bits per heavy atom. The third-order valence-electron chi connectivity index (χ3n) is 3.11. The number of nitrogens with two attached hydrogens (primary N) is 1. The molecule has 5 nitrogen and oxygen atoms in total. The molecule has 0 saturated carbocycles. The van der Waals surface area contributed by atoms with E-state index in [9.17, 15) is 4.79 Å². The number of amides is 1. The number of hydrogen-bond donors (Lipinski definition) is 2. The summed E-state index contributed by atoms with van der Waals surface area (Å²) < 4.78 is 10.5. The van der Waals surface area contributed by atoms with E-state index in [4.69, 9.17) is 15.2 Å². The second-order valence-electron chi connectivity index (χ2n) is 4.48. The van der Waals surface area contributed by atoms with Crippen molar-refractivity contribution in [3.63, 3.8) is 0 Å². The van der Waals surface area contributed by atoms with Crippen LogP contribution >= 0.6 is 11.3 Å². The smallest absolute Gasteiger partial charge is 0.261 e. The third kappa shape index (κ3) is 3.46. The highest BCUT2D eigenvalue weighted by atomic mass is 32.1. The maximum atomic E-state index is 12.1. The van der Waals surface area contributed by atoms with Crippen molar-refractivity contribution in [1.29, 1.82) is 0 Å². The first-order chi connectivity index (χ1) is 10.0. The summed E-state index contributed by atoms with van der Waals surface area (Å²) in [6.07, 6.45) is 0. The van der Waals surface area contributed by atoms with Gasteiger partial charge in [-0.3, -0.25) is 4.79 Å². The molecular formula is C15H18N2O3S. The molecule has 112 valence electrons. The Bertz CT molecular complexity index is 633. The van der Waals surface area contributed by atoms with Crippen LogP contribution in [0.2, 0.25) is 0 Å². The summed E-state index contributed by atoms with van der Waals surface area (Å²) in [5, 5.41) is 2.86. The Morgan fingerprint density at radius 2 is 2.05 bits per heavy atom. The van der Waals surface area contributed by atoms with Gasteiger partial charge in [0.05, 0.1) is 19.1 Å². The van der Waals surface area contributed by atoms with Crippen LogP contribution in [0.25, 0.3) is 0 Å². The van der Waals surface area contributed by atoms with Crippen LogP contribution in [0.4, 0.5) is 5.69 Å². The Hall–Kier alpha value is -2.21. The molecule has 3 N–H and O–H groups in total. The minimum atomic E-state index is -0.148. The molecule has 0 spiro atoms. The number of benzene rings is 1. The zero-order chi connectivity index (χ0) is 15.4. The van der Waals surface area contributed by atoms with Crippen LogP contribution in [-0.2, 0) is 6.54 Å². The predicted molar refractivity (Wildman–Crippen MR) is 84.2 cm³/mol. The van der Waals surface area contributed by atoms with E-state index in [-0.39, 0.29) is 5.91 Å². The van der Waals surface area contributed by atoms with Crippen LogP contribution in [-0.4, -0.2) is 20.1 Å². The van der Waals surface area contributed by atoms with Crippen LogP contribution < -0.4 is 20.5 Å². The maximum Gasteiger partial charge on any atom is 0.261 e. The Kier molecular flexibility index (Phi) is 4.70. The molecule has 0 saturated heterocycles. The van der Waals surface area contributed by atoms with Crippen molar-refractivity contribution in [2.75, 3.05) is 20.0 Å². The van der Waals surface area contributed by atoms with Crippen molar-refractivity contribution >= 4 is 22.9 Å². The van der Waals surface area contributed by atoms with Gasteiger partial charge < -0.3 is 20.5 Å². The molecule has 0 aliphatic rings. The van der Waals surface area contributed by atoms with Gasteiger partial charge in [-0.25, -0.2) is 0 Å². The minimum absolute atomic E-state index is 0.148. The van der Waals surface area contributed by atoms with Gasteiger partial charge in [-0.2, -0.15) is 0 Å². The van der Waals surface area contributed by atoms with Crippen LogP contribution in [0.5, 0.6) is 11.5 Å². The number of thiophene rings is 1. The largest absolute Gasteiger partial charge is 0.497 e. The second kappa shape index (κ2) is 6.49. The molecule has 2 aromatic rings. The van der Waals surface area contributed by atoms with Gasteiger partial charge in [0.1, 0.15) is 11.5 Å². The first-order valence-electron chi connectivity index (χ1n) is 6.40. The molecule has 0 aliphatic carbocycles. The molecule has 1 amide bonds. The molecule has 1 aromatic carbocycles. The van der Waals surface area contributed by atoms with Crippen LogP contribution in [0.15, 0.2) is 24.3 Å². The van der Waals surface area contributed by atoms with Crippen molar-refractivity contribution in [2.24, 2.45) is 0 Å². The van der Waals surface area contributed by atoms with Crippen molar-refractivity contribution in [3.8, 4) is 11.5 Å². The highest BCUT2D eigenvalue weighted by molar-refractivity contribution is 7.14. The number of rotatable bonds is 5. The van der Waals surface area contributed by atoms with Gasteiger partial charge in [0.2, 0.25) is 0 Å². The molecule has 0 radical (unpaired) electrons. The van der Waals surface area contributed by atoms with Crippen molar-refractivity contribution < 1.29 is 14.3 Å². The molecule has 0 unspecified atom stereocenters. The molecule has 0 fully saturated rings. The van der Waals surface area contributed by atoms with Gasteiger partial charge in [0.15, 0.2) is 0 Å². The number of nitrogens with one attached hydrogen (secondary N) is 1. The van der Waals surface area contributed by atoms with E-state index >= 15 is 0 Å². The third-order valence-corrected chi connectivity index (χ3v) is 4.17. The van der Waals surface area contributed by atoms with E-state index in [0.717, 1.165) is 16.2 Å². The number of methoxy groups -OCH3 is 2. The Balaban J connectivity index is 2.10. The fourth-order valence-corrected chi connectivity index (χ4v) is 2.75. The zero-order valence-electron chi connectivity index (χ0n) is 12.2. The number of anilines is 1. The summed E-state index contributed by atoms with van der Waals surface area (Å²) in [5.74, 6) is 1.28. The molecule has 6 heteroatoms. The van der Waals surface area contributed by atoms with E-state index < -0.39 is 0 Å². The van der Waals surface area contributed by atoms with Crippen molar-refractivity contribution in [2.45, 2.75) is 13.5 Å². The van der Waals surface area contributed by atoms with Crippen molar-refractivity contribution in [3.05, 3.63) is 39.6 Å². The SMILES string of the molecule is COc1ccc(OC)c(CNC(=O)c2cc(N)c(C)s2)c1. The van der Waals surface area contributed by atoms with Crippen molar-refractivity contribution in [1.82, 2.24) is 5.32 Å². The first-order valence-corrected chi connectivity index (χ1v) is 7.21. The monoisotopic (exact) mass is 306 g/mol. The van der Waals surface area contributed by atoms with E-state index in [2.05, 4.69) is 5.32 Å². The molecule has 1 heterocycles. The van der Waals surface area contributed by atoms with Gasteiger partial charge in [-0.05, 0) is 31.2 Å². The normalized spacial score (nSPS) is 10.2. The molecule has 1 aromatic heterocycles. The van der Waals surface area contributed by atoms with E-state index in [1.807, 2.05) is 25.1 Å². The number of nitrogen functional groups attached to an aromatic ring is 1. The number of aryl methyl sites for hydroxylation is 1. The molecular weight excluding hydrogens is 288 g/mol. The van der Waals surface area contributed by atoms with E-state index in [0.29, 0.717) is 22.9 Å². The topological polar surface area (TPSA) is 73.6 Å². The van der Waals surface area contributed by atoms with Gasteiger partial charge in [0, 0.05) is 22.7 Å². The van der Waals surface area contributed by atoms with Crippen LogP contribution in [0, 0.1) is 6.92 Å². The lowest BCUT2D eigenvalue weighted by Crippen LogP contribution is -2.22. The average Bonchev–Trinajstić information content (AvgIpc) is 2.84. The van der Waals surface area contributed by atoms with E-state index in [1.54, 1.807) is 20.3 Å². The highest BCUT2D eigenvalue weighted by Crippen LogP contribution is 2.25. The average molecular weight is 306 g/mol. The quantitative estimate of drug-likeness (QED) is 0.890. The number of ether oxygens (including phenoxy) is 2. The maximum absolute atomic E-state index is 12.1. The van der Waals surface area contributed by atoms with Crippen LogP contribution in [0.3, 0.4) is 0 Å². The fourth-order valence-electron chi connectivity index (χ4n) is 1.89. The van der Waals surface area contributed by atoms with Gasteiger partial charge in [-0.15, -0.1) is 11.3 Å². The Labute approximate surface area is 127 Å². The second-order valence-corrected chi connectivity index (χ2v) is 5.74. The summed E-state index contributed by atoms with van der Waals surface area (Å²) in [4.78, 5) is 13.7. The molecule has 0 bridgehead atoms. The minimum Gasteiger partial charge on any atom is -0.497 e. The first kappa shape index (κ1) is 15.2. The van der Waals surface area contributed by atoms with Gasteiger partial charge in [-0.1, -0.05) is 0 Å². The van der Waals surface area contributed by atoms with Gasteiger partial charge in [0.25, 0.3) is 5.91 Å². The molecule has 0 atom stereocenters. The Morgan fingerprint density at radius 3 is 2.62 bits per heavy atom. The lowest BCUT2D eigenvalue weighted by Gasteiger charge is -2.11. The number of carbonyl (C=O) groups is 1. The lowest BCUT2D eigenvalue weighted by molar-refractivity contribution is 0.0954. The fraction of sp³-hybridized carbons (Fsp3) is 0.267. The molecule has 21 heavy (non-hydrogen) atoms. The molecule has 0 aliphatic heterocycles.